The summed E-state index contributed by atoms with van der Waals surface area (Å²) < 4.78 is 1.24. The molecule has 0 aromatic carbocycles. The molecular formula is C21H21N9O7S3. The van der Waals surface area contributed by atoms with Crippen LogP contribution in [0.3, 0.4) is 0 Å². The van der Waals surface area contributed by atoms with E-state index in [4.69, 9.17) is 22.1 Å². The summed E-state index contributed by atoms with van der Waals surface area (Å²) in [7, 11) is 0. The number of tetrazole rings is 1. The van der Waals surface area contributed by atoms with Crippen molar-refractivity contribution in [1.29, 1.82) is 0 Å². The van der Waals surface area contributed by atoms with Crippen LogP contribution >= 0.6 is 34.9 Å². The van der Waals surface area contributed by atoms with Crippen molar-refractivity contribution in [2.45, 2.75) is 23.0 Å². The van der Waals surface area contributed by atoms with Gasteiger partial charge in [0, 0.05) is 29.6 Å². The molecule has 0 bridgehead atoms. The average molecular weight is 608 g/mol. The van der Waals surface area contributed by atoms with E-state index >= 15 is 0 Å². The van der Waals surface area contributed by atoms with Gasteiger partial charge in [0.05, 0.1) is 6.42 Å². The number of terminal acetylenes is 1. The van der Waals surface area contributed by atoms with Gasteiger partial charge in [-0.15, -0.1) is 34.6 Å². The zero-order valence-corrected chi connectivity index (χ0v) is 22.8. The second-order valence-electron chi connectivity index (χ2n) is 8.37. The first-order chi connectivity index (χ1) is 19.1. The number of carbonyl (C=O) groups is 4. The molecule has 2 aromatic rings. The molecule has 19 heteroatoms. The molecule has 0 radical (unpaired) electrons. The van der Waals surface area contributed by atoms with Crippen LogP contribution in [-0.2, 0) is 24.0 Å². The summed E-state index contributed by atoms with van der Waals surface area (Å²) in [5.74, 6) is -0.918. The van der Waals surface area contributed by atoms with Crippen LogP contribution < -0.4 is 11.1 Å². The number of thioether (sulfide) groups is 2. The van der Waals surface area contributed by atoms with Gasteiger partial charge in [0.2, 0.25) is 11.1 Å². The lowest BCUT2D eigenvalue weighted by molar-refractivity contribution is -0.157. The number of aliphatic carboxylic acids is 2. The van der Waals surface area contributed by atoms with Crippen LogP contribution in [0.4, 0.5) is 5.13 Å². The number of thiazole rings is 1. The predicted molar refractivity (Wildman–Crippen MR) is 144 cm³/mol. The van der Waals surface area contributed by atoms with E-state index in [0.717, 1.165) is 23.1 Å². The fourth-order valence-corrected chi connectivity index (χ4v) is 6.95. The molecule has 0 spiro atoms. The number of carboxylic acid groups (broad SMARTS) is 2. The predicted octanol–water partition coefficient (Wildman–Crippen LogP) is -0.726. The van der Waals surface area contributed by atoms with Gasteiger partial charge in [0.1, 0.15) is 22.5 Å². The molecule has 4 rings (SSSR count). The van der Waals surface area contributed by atoms with Gasteiger partial charge in [0.25, 0.3) is 5.91 Å². The maximum Gasteiger partial charge on any atom is 0.313 e. The zero-order valence-electron chi connectivity index (χ0n) is 20.4. The first-order valence-corrected chi connectivity index (χ1v) is 14.2. The van der Waals surface area contributed by atoms with E-state index in [1.54, 1.807) is 0 Å². The largest absolute Gasteiger partial charge is 0.481 e. The van der Waals surface area contributed by atoms with Crippen LogP contribution in [0.5, 0.6) is 0 Å². The molecule has 2 fully saturated rings. The Morgan fingerprint density at radius 1 is 1.43 bits per heavy atom. The lowest BCUT2D eigenvalue weighted by atomic mass is 9.89. The summed E-state index contributed by atoms with van der Waals surface area (Å²) in [6.45, 7) is -0.283. The Labute approximate surface area is 238 Å². The molecule has 210 valence electrons. The molecule has 0 aliphatic carbocycles. The van der Waals surface area contributed by atoms with Crippen molar-refractivity contribution in [2.24, 2.45) is 10.6 Å². The van der Waals surface area contributed by atoms with E-state index in [2.05, 4.69) is 36.9 Å². The number of nitrogens with one attached hydrogen (secondary N) is 1. The lowest BCUT2D eigenvalue weighted by Crippen LogP contribution is -2.74. The third kappa shape index (κ3) is 6.19. The molecule has 2 saturated heterocycles. The number of hydrogen-bond acceptors (Lipinski definition) is 14. The summed E-state index contributed by atoms with van der Waals surface area (Å²) in [4.78, 5) is 59.4. The number of oxime groups is 1. The Morgan fingerprint density at radius 2 is 2.23 bits per heavy atom. The molecule has 3 atom stereocenters. The SMILES string of the molecule is C#CCON=C(C(=O)NC1C(=O)N2CC(CSc3nnnn3C=CCC(=O)O)(C(=O)O)CS[C@H]12)c1csc(N)n1. The number of hydrogen-bond donors (Lipinski definition) is 4. The van der Waals surface area contributed by atoms with Crippen molar-refractivity contribution in [3.8, 4) is 12.3 Å². The van der Waals surface area contributed by atoms with Gasteiger partial charge < -0.3 is 31.0 Å². The number of carboxylic acids is 2. The molecule has 4 heterocycles. The van der Waals surface area contributed by atoms with Crippen LogP contribution in [-0.4, -0.2) is 106 Å². The number of rotatable bonds is 12. The van der Waals surface area contributed by atoms with Crippen LogP contribution in [0.25, 0.3) is 6.20 Å². The standard InChI is InChI=1S/C21H21N9O7S3/c1-2-6-37-26-13(11-7-38-19(22)23-11)15(33)24-14-16(34)29-8-21(18(35)36,9-39-17(14)29)10-40-20-25-27-28-30(20)5-3-4-12(31)32/h1,3,5,7,14,17H,4,6,8-10H2,(H2,22,23)(H,24,33)(H,31,32)(H,35,36)/t14?,17-,21?/m1/s1. The summed E-state index contributed by atoms with van der Waals surface area (Å²) in [6.07, 6.45) is 7.64. The molecule has 40 heavy (non-hydrogen) atoms. The molecule has 5 N–H and O–H groups in total. The number of β-lactam (4-membered cyclic amide) rings is 1. The summed E-state index contributed by atoms with van der Waals surface area (Å²) in [6, 6.07) is -0.919. The van der Waals surface area contributed by atoms with Crippen molar-refractivity contribution in [1.82, 2.24) is 35.4 Å². The maximum atomic E-state index is 13.0. The minimum Gasteiger partial charge on any atom is -0.481 e. The Balaban J connectivity index is 1.41. The number of anilines is 1. The highest BCUT2D eigenvalue weighted by Crippen LogP contribution is 2.44. The number of nitrogen functional groups attached to an aromatic ring is 1. The number of aromatic nitrogens is 5. The second kappa shape index (κ2) is 12.4. The van der Waals surface area contributed by atoms with Crippen LogP contribution in [0.2, 0.25) is 0 Å². The molecule has 0 saturated carbocycles. The third-order valence-electron chi connectivity index (χ3n) is 5.65. The van der Waals surface area contributed by atoms with Crippen molar-refractivity contribution in [3.63, 3.8) is 0 Å². The Bertz CT molecular complexity index is 1420. The first-order valence-electron chi connectivity index (χ1n) is 11.3. The third-order valence-corrected chi connectivity index (χ3v) is 9.13. The second-order valence-corrected chi connectivity index (χ2v) is 11.3. The monoisotopic (exact) mass is 607 g/mol. The fourth-order valence-electron chi connectivity index (χ4n) is 3.68. The average Bonchev–Trinajstić information content (AvgIpc) is 3.56. The van der Waals surface area contributed by atoms with Gasteiger partial charge in [-0.1, -0.05) is 28.9 Å². The van der Waals surface area contributed by atoms with E-state index in [-0.39, 0.29) is 52.8 Å². The number of amides is 2. The summed E-state index contributed by atoms with van der Waals surface area (Å²) in [5, 5.41) is 37.9. The van der Waals surface area contributed by atoms with Gasteiger partial charge in [-0.3, -0.25) is 19.2 Å². The van der Waals surface area contributed by atoms with Crippen LogP contribution in [0.1, 0.15) is 12.1 Å². The van der Waals surface area contributed by atoms with Crippen molar-refractivity contribution < 1.29 is 34.2 Å². The first kappa shape index (κ1) is 28.8. The van der Waals surface area contributed by atoms with E-state index < -0.39 is 40.6 Å². The Morgan fingerprint density at radius 3 is 2.90 bits per heavy atom. The highest BCUT2D eigenvalue weighted by Gasteiger charge is 2.57. The molecule has 2 aliphatic heterocycles. The summed E-state index contributed by atoms with van der Waals surface area (Å²) in [5.41, 5.74) is 4.28. The van der Waals surface area contributed by atoms with Crippen molar-refractivity contribution in [3.05, 3.63) is 17.2 Å². The highest BCUT2D eigenvalue weighted by atomic mass is 32.2. The van der Waals surface area contributed by atoms with Crippen LogP contribution in [0.15, 0.2) is 21.8 Å². The number of nitrogens with zero attached hydrogens (tertiary/aromatic N) is 7. The van der Waals surface area contributed by atoms with Crippen molar-refractivity contribution in [2.75, 3.05) is 30.4 Å². The maximum absolute atomic E-state index is 13.0. The van der Waals surface area contributed by atoms with Gasteiger partial charge in [-0.2, -0.15) is 4.68 Å². The Hall–Kier alpha value is -4.15. The molecule has 16 nitrogen and oxygen atoms in total. The minimum absolute atomic E-state index is 0.0323. The smallest absolute Gasteiger partial charge is 0.313 e. The minimum atomic E-state index is -1.33. The topological polar surface area (TPSA) is 228 Å². The van der Waals surface area contributed by atoms with Gasteiger partial charge in [-0.25, -0.2) is 4.98 Å². The number of carbonyl (C=O) groups excluding carboxylic acids is 2. The van der Waals surface area contributed by atoms with E-state index in [9.17, 15) is 24.3 Å². The van der Waals surface area contributed by atoms with E-state index in [1.165, 1.54) is 39.0 Å². The normalized spacial score (nSPS) is 22.3. The highest BCUT2D eigenvalue weighted by molar-refractivity contribution is 8.00. The fraction of sp³-hybridized carbons (Fsp3) is 0.381. The molecule has 2 aromatic heterocycles. The van der Waals surface area contributed by atoms with E-state index in [1.807, 2.05) is 0 Å². The molecule has 2 amide bonds. The number of fused-ring (bicyclic) bond motifs is 1. The molecule has 2 aliphatic rings. The van der Waals surface area contributed by atoms with Crippen LogP contribution in [0, 0.1) is 17.8 Å². The molecule has 2 unspecified atom stereocenters. The summed E-state index contributed by atoms with van der Waals surface area (Å²) >= 11 is 3.38. The van der Waals surface area contributed by atoms with Gasteiger partial charge >= 0.3 is 11.9 Å². The van der Waals surface area contributed by atoms with E-state index in [0.29, 0.717) is 0 Å². The van der Waals surface area contributed by atoms with Gasteiger partial charge in [-0.05, 0) is 10.4 Å². The van der Waals surface area contributed by atoms with Crippen molar-refractivity contribution >= 4 is 75.7 Å². The molecular weight excluding hydrogens is 586 g/mol. The quantitative estimate of drug-likeness (QED) is 0.0583. The lowest BCUT2D eigenvalue weighted by Gasteiger charge is -2.53. The number of nitrogens with two attached hydrogens (primary N) is 1. The van der Waals surface area contributed by atoms with Gasteiger partial charge in [0.15, 0.2) is 17.5 Å². The Kier molecular flexibility index (Phi) is 8.91. The zero-order chi connectivity index (χ0) is 28.9.